The largest absolute Gasteiger partial charge is 0.479 e. The van der Waals surface area contributed by atoms with Gasteiger partial charge in [0.25, 0.3) is 0 Å². The maximum atomic E-state index is 11.3. The van der Waals surface area contributed by atoms with Crippen molar-refractivity contribution in [2.24, 2.45) is 5.73 Å². The molecule has 0 saturated carbocycles. The molecule has 0 saturated heterocycles. The standard InChI is InChI=1S/C10H19NO8/c1-10(2,11)9(18)19-3-4(12)5(13)6(14)7(15)8(16)17/h4-7,12-15H,3,11H2,1-2H3,(H,16,17)/t4-,5-,6+,7-/m1/s1. The molecule has 0 fully saturated rings. The quantitative estimate of drug-likeness (QED) is 0.263. The van der Waals surface area contributed by atoms with Crippen molar-refractivity contribution in [3.8, 4) is 0 Å². The predicted molar refractivity (Wildman–Crippen MR) is 60.9 cm³/mol. The van der Waals surface area contributed by atoms with Crippen molar-refractivity contribution in [3.63, 3.8) is 0 Å². The van der Waals surface area contributed by atoms with Crippen molar-refractivity contribution in [2.75, 3.05) is 6.61 Å². The van der Waals surface area contributed by atoms with E-state index in [0.29, 0.717) is 0 Å². The molecule has 9 nitrogen and oxygen atoms in total. The summed E-state index contributed by atoms with van der Waals surface area (Å²) in [6.07, 6.45) is -8.17. The zero-order chi connectivity index (χ0) is 15.4. The molecule has 0 aromatic carbocycles. The first-order chi connectivity index (χ1) is 8.48. The van der Waals surface area contributed by atoms with Gasteiger partial charge in [-0.05, 0) is 13.8 Å². The number of aliphatic carboxylic acids is 1. The summed E-state index contributed by atoms with van der Waals surface area (Å²) >= 11 is 0. The Kier molecular flexibility index (Phi) is 6.33. The van der Waals surface area contributed by atoms with E-state index in [9.17, 15) is 24.9 Å². The molecule has 0 aliphatic carbocycles. The third kappa shape index (κ3) is 5.49. The first-order valence-electron chi connectivity index (χ1n) is 5.39. The van der Waals surface area contributed by atoms with Crippen molar-refractivity contribution in [1.29, 1.82) is 0 Å². The van der Waals surface area contributed by atoms with Gasteiger partial charge in [-0.3, -0.25) is 4.79 Å². The molecule has 0 spiro atoms. The van der Waals surface area contributed by atoms with E-state index in [1.807, 2.05) is 0 Å². The van der Waals surface area contributed by atoms with E-state index in [1.165, 1.54) is 13.8 Å². The lowest BCUT2D eigenvalue weighted by atomic mass is 10.0. The van der Waals surface area contributed by atoms with E-state index in [4.69, 9.17) is 15.9 Å². The summed E-state index contributed by atoms with van der Waals surface area (Å²) in [6.45, 7) is 2.02. The highest BCUT2D eigenvalue weighted by Gasteiger charge is 2.35. The number of nitrogens with two attached hydrogens (primary N) is 1. The van der Waals surface area contributed by atoms with E-state index in [0.717, 1.165) is 0 Å². The van der Waals surface area contributed by atoms with Crippen molar-refractivity contribution in [1.82, 2.24) is 0 Å². The third-order valence-corrected chi connectivity index (χ3v) is 2.23. The first-order valence-corrected chi connectivity index (χ1v) is 5.39. The molecule has 19 heavy (non-hydrogen) atoms. The van der Waals surface area contributed by atoms with E-state index in [2.05, 4.69) is 4.74 Å². The number of ether oxygens (including phenoxy) is 1. The molecule has 0 aromatic heterocycles. The number of carboxylic acids is 1. The summed E-state index contributed by atoms with van der Waals surface area (Å²) in [6, 6.07) is 0. The highest BCUT2D eigenvalue weighted by Crippen LogP contribution is 2.08. The second-order valence-electron chi connectivity index (χ2n) is 4.65. The number of hydrogen-bond donors (Lipinski definition) is 6. The predicted octanol–water partition coefficient (Wildman–Crippen LogP) is -3.20. The Labute approximate surface area is 109 Å². The third-order valence-electron chi connectivity index (χ3n) is 2.23. The molecule has 0 aliphatic heterocycles. The fraction of sp³-hybridized carbons (Fsp3) is 0.800. The number of carbonyl (C=O) groups is 2. The van der Waals surface area contributed by atoms with Crippen LogP contribution in [0.5, 0.6) is 0 Å². The van der Waals surface area contributed by atoms with Crippen LogP contribution in [0.25, 0.3) is 0 Å². The summed E-state index contributed by atoms with van der Waals surface area (Å²) in [7, 11) is 0. The number of esters is 1. The van der Waals surface area contributed by atoms with Crippen LogP contribution in [0.2, 0.25) is 0 Å². The second kappa shape index (κ2) is 6.78. The van der Waals surface area contributed by atoms with E-state index in [-0.39, 0.29) is 0 Å². The number of aliphatic hydroxyl groups is 4. The topological polar surface area (TPSA) is 171 Å². The summed E-state index contributed by atoms with van der Waals surface area (Å²) in [5, 5.41) is 45.4. The summed E-state index contributed by atoms with van der Waals surface area (Å²) in [4.78, 5) is 21.6. The highest BCUT2D eigenvalue weighted by atomic mass is 16.5. The highest BCUT2D eigenvalue weighted by molar-refractivity contribution is 5.79. The molecule has 9 heteroatoms. The van der Waals surface area contributed by atoms with Crippen LogP contribution in [0.4, 0.5) is 0 Å². The van der Waals surface area contributed by atoms with E-state index >= 15 is 0 Å². The lowest BCUT2D eigenvalue weighted by Gasteiger charge is -2.25. The van der Waals surface area contributed by atoms with Gasteiger partial charge in [0.05, 0.1) is 0 Å². The lowest BCUT2D eigenvalue weighted by molar-refractivity contribution is -0.169. The van der Waals surface area contributed by atoms with Crippen LogP contribution in [-0.2, 0) is 14.3 Å². The Morgan fingerprint density at radius 3 is 2.00 bits per heavy atom. The smallest absolute Gasteiger partial charge is 0.335 e. The summed E-state index contributed by atoms with van der Waals surface area (Å²) in [5.41, 5.74) is 4.10. The molecule has 0 unspecified atom stereocenters. The average molecular weight is 281 g/mol. The molecular formula is C10H19NO8. The van der Waals surface area contributed by atoms with Gasteiger partial charge in [-0.25, -0.2) is 4.79 Å². The number of aliphatic hydroxyl groups excluding tert-OH is 4. The molecule has 0 heterocycles. The fourth-order valence-electron chi connectivity index (χ4n) is 1.01. The molecule has 0 aliphatic rings. The molecule has 0 bridgehead atoms. The molecule has 4 atom stereocenters. The number of carboxylic acid groups (broad SMARTS) is 1. The van der Waals surface area contributed by atoms with Crippen molar-refractivity contribution >= 4 is 11.9 Å². The van der Waals surface area contributed by atoms with Crippen LogP contribution >= 0.6 is 0 Å². The molecule has 7 N–H and O–H groups in total. The molecule has 0 aromatic rings. The maximum absolute atomic E-state index is 11.3. The maximum Gasteiger partial charge on any atom is 0.335 e. The van der Waals surface area contributed by atoms with E-state index in [1.54, 1.807) is 0 Å². The monoisotopic (exact) mass is 281 g/mol. The van der Waals surface area contributed by atoms with Crippen LogP contribution in [0, 0.1) is 0 Å². The zero-order valence-corrected chi connectivity index (χ0v) is 10.6. The van der Waals surface area contributed by atoms with E-state index < -0.39 is 48.5 Å². The zero-order valence-electron chi connectivity index (χ0n) is 10.6. The Balaban J connectivity index is 4.39. The molecule has 0 radical (unpaired) electrons. The van der Waals surface area contributed by atoms with Gasteiger partial charge in [0, 0.05) is 0 Å². The van der Waals surface area contributed by atoms with Gasteiger partial charge in [0.15, 0.2) is 6.10 Å². The number of rotatable bonds is 7. The summed E-state index contributed by atoms with van der Waals surface area (Å²) in [5.74, 6) is -2.62. The van der Waals surface area contributed by atoms with Crippen molar-refractivity contribution < 1.29 is 39.9 Å². The van der Waals surface area contributed by atoms with Crippen LogP contribution in [0.15, 0.2) is 0 Å². The van der Waals surface area contributed by atoms with Gasteiger partial charge in [-0.2, -0.15) is 0 Å². The van der Waals surface area contributed by atoms with Gasteiger partial charge < -0.3 is 36.0 Å². The Bertz CT molecular complexity index is 326. The van der Waals surface area contributed by atoms with Gasteiger partial charge in [-0.15, -0.1) is 0 Å². The number of hydrogen-bond acceptors (Lipinski definition) is 8. The minimum atomic E-state index is -2.27. The van der Waals surface area contributed by atoms with Crippen LogP contribution in [0.1, 0.15) is 13.8 Å². The lowest BCUT2D eigenvalue weighted by Crippen LogP contribution is -2.50. The molecular weight excluding hydrogens is 262 g/mol. The summed E-state index contributed by atoms with van der Waals surface area (Å²) < 4.78 is 4.57. The van der Waals surface area contributed by atoms with Gasteiger partial charge >= 0.3 is 11.9 Å². The SMILES string of the molecule is CC(C)(N)C(=O)OC[C@@H](O)[C@@H](O)[C@H](O)[C@@H](O)C(=O)O. The normalized spacial score (nSPS) is 18.3. The minimum absolute atomic E-state index is 0.704. The van der Waals surface area contributed by atoms with Crippen LogP contribution < -0.4 is 5.73 Å². The van der Waals surface area contributed by atoms with Crippen molar-refractivity contribution in [2.45, 2.75) is 43.8 Å². The van der Waals surface area contributed by atoms with Crippen molar-refractivity contribution in [3.05, 3.63) is 0 Å². The van der Waals surface area contributed by atoms with Gasteiger partial charge in [-0.1, -0.05) is 0 Å². The molecule has 112 valence electrons. The molecule has 0 amide bonds. The Hall–Kier alpha value is -1.26. The van der Waals surface area contributed by atoms with Gasteiger partial charge in [0.2, 0.25) is 0 Å². The number of carbonyl (C=O) groups excluding carboxylic acids is 1. The minimum Gasteiger partial charge on any atom is -0.479 e. The fourth-order valence-corrected chi connectivity index (χ4v) is 1.01. The molecule has 0 rings (SSSR count). The Morgan fingerprint density at radius 2 is 1.63 bits per heavy atom. The van der Waals surface area contributed by atoms with Crippen LogP contribution in [0.3, 0.4) is 0 Å². The van der Waals surface area contributed by atoms with Crippen LogP contribution in [-0.4, -0.2) is 74.0 Å². The van der Waals surface area contributed by atoms with Gasteiger partial charge in [0.1, 0.15) is 30.5 Å². The second-order valence-corrected chi connectivity index (χ2v) is 4.65. The Morgan fingerprint density at radius 1 is 1.16 bits per heavy atom. The first kappa shape index (κ1) is 17.7. The average Bonchev–Trinajstić information content (AvgIpc) is 2.31.